The molecule has 6 heteroatoms. The van der Waals surface area contributed by atoms with Crippen LogP contribution in [0.3, 0.4) is 0 Å². The molecule has 2 aliphatic heterocycles. The van der Waals surface area contributed by atoms with Gasteiger partial charge in [-0.15, -0.1) is 0 Å². The molecule has 2 heterocycles. The summed E-state index contributed by atoms with van der Waals surface area (Å²) in [6.45, 7) is 5.82. The first-order chi connectivity index (χ1) is 14.1. The fraction of sp³-hybridized carbons (Fsp3) is 0.435. The molecule has 1 atom stereocenters. The fourth-order valence-corrected chi connectivity index (χ4v) is 4.47. The number of aliphatic hydroxyl groups excluding tert-OH is 1. The van der Waals surface area contributed by atoms with Gasteiger partial charge in [0.25, 0.3) is 0 Å². The largest absolute Gasteiger partial charge is 0.394 e. The quantitative estimate of drug-likeness (QED) is 0.833. The summed E-state index contributed by atoms with van der Waals surface area (Å²) in [7, 11) is 0. The molecule has 2 aromatic carbocycles. The van der Waals surface area contributed by atoms with Crippen molar-refractivity contribution in [3.63, 3.8) is 0 Å². The molecule has 2 saturated heterocycles. The van der Waals surface area contributed by atoms with Crippen LogP contribution < -0.4 is 10.2 Å². The molecular formula is C23H29N3O3. The van der Waals surface area contributed by atoms with E-state index in [4.69, 9.17) is 4.74 Å². The Morgan fingerprint density at radius 1 is 1.14 bits per heavy atom. The highest BCUT2D eigenvalue weighted by molar-refractivity contribution is 5.91. The molecule has 0 radical (unpaired) electrons. The van der Waals surface area contributed by atoms with Gasteiger partial charge in [-0.05, 0) is 49.1 Å². The van der Waals surface area contributed by atoms with Gasteiger partial charge in [0, 0.05) is 31.0 Å². The van der Waals surface area contributed by atoms with Crippen LogP contribution in [-0.2, 0) is 10.3 Å². The molecule has 0 spiro atoms. The van der Waals surface area contributed by atoms with Gasteiger partial charge < -0.3 is 25.0 Å². The number of hydrogen-bond acceptors (Lipinski definition) is 4. The van der Waals surface area contributed by atoms with Crippen LogP contribution in [0.2, 0.25) is 0 Å². The SMILES string of the molecule is Cc1cc(N2CCOCC2)ccc1NC(=O)N1CCCC1(CO)c1ccccc1. The fourth-order valence-electron chi connectivity index (χ4n) is 4.47. The Hall–Kier alpha value is -2.57. The van der Waals surface area contributed by atoms with Gasteiger partial charge in [0.15, 0.2) is 0 Å². The van der Waals surface area contributed by atoms with E-state index >= 15 is 0 Å². The van der Waals surface area contributed by atoms with Gasteiger partial charge >= 0.3 is 6.03 Å². The predicted molar refractivity (Wildman–Crippen MR) is 114 cm³/mol. The van der Waals surface area contributed by atoms with Crippen LogP contribution >= 0.6 is 0 Å². The Bertz CT molecular complexity index is 852. The lowest BCUT2D eigenvalue weighted by Gasteiger charge is -2.37. The van der Waals surface area contributed by atoms with Crippen molar-refractivity contribution in [2.45, 2.75) is 25.3 Å². The number of likely N-dealkylation sites (tertiary alicyclic amines) is 1. The average Bonchev–Trinajstić information content (AvgIpc) is 3.22. The Labute approximate surface area is 172 Å². The molecule has 4 rings (SSSR count). The highest BCUT2D eigenvalue weighted by atomic mass is 16.5. The number of nitrogens with zero attached hydrogens (tertiary/aromatic N) is 2. The van der Waals surface area contributed by atoms with E-state index in [0.29, 0.717) is 6.54 Å². The van der Waals surface area contributed by atoms with E-state index in [2.05, 4.69) is 22.3 Å². The van der Waals surface area contributed by atoms with E-state index in [-0.39, 0.29) is 12.6 Å². The summed E-state index contributed by atoms with van der Waals surface area (Å²) in [5.41, 5.74) is 3.30. The van der Waals surface area contributed by atoms with E-state index in [1.165, 1.54) is 0 Å². The molecule has 29 heavy (non-hydrogen) atoms. The maximum Gasteiger partial charge on any atom is 0.322 e. The third-order valence-corrected chi connectivity index (χ3v) is 6.13. The van der Waals surface area contributed by atoms with Crippen LogP contribution in [0.4, 0.5) is 16.2 Å². The van der Waals surface area contributed by atoms with Gasteiger partial charge in [0.05, 0.1) is 25.4 Å². The number of aryl methyl sites for hydroxylation is 1. The van der Waals surface area contributed by atoms with Crippen molar-refractivity contribution in [3.05, 3.63) is 59.7 Å². The Morgan fingerprint density at radius 3 is 2.59 bits per heavy atom. The first-order valence-corrected chi connectivity index (χ1v) is 10.3. The molecule has 154 valence electrons. The standard InChI is InChI=1S/C23H29N3O3/c1-18-16-20(25-12-14-29-15-13-25)8-9-21(18)24-22(28)26-11-5-10-23(26,17-27)19-6-3-2-4-7-19/h2-4,6-9,16,27H,5,10-15,17H2,1H3,(H,24,28). The minimum absolute atomic E-state index is 0.0839. The second-order valence-corrected chi connectivity index (χ2v) is 7.84. The van der Waals surface area contributed by atoms with Crippen molar-refractivity contribution in [1.29, 1.82) is 0 Å². The summed E-state index contributed by atoms with van der Waals surface area (Å²) in [6.07, 6.45) is 1.63. The lowest BCUT2D eigenvalue weighted by atomic mass is 9.88. The zero-order valence-electron chi connectivity index (χ0n) is 16.9. The van der Waals surface area contributed by atoms with Crippen LogP contribution in [0.1, 0.15) is 24.0 Å². The Balaban J connectivity index is 1.52. The minimum atomic E-state index is -0.660. The maximum atomic E-state index is 13.2. The van der Waals surface area contributed by atoms with Crippen molar-refractivity contribution >= 4 is 17.4 Å². The summed E-state index contributed by atoms with van der Waals surface area (Å²) in [5, 5.41) is 13.3. The number of carbonyl (C=O) groups is 1. The van der Waals surface area contributed by atoms with Crippen molar-refractivity contribution in [2.24, 2.45) is 0 Å². The number of aliphatic hydroxyl groups is 1. The molecule has 6 nitrogen and oxygen atoms in total. The first kappa shape index (κ1) is 19.7. The molecule has 0 aromatic heterocycles. The zero-order valence-corrected chi connectivity index (χ0v) is 16.9. The summed E-state index contributed by atoms with van der Waals surface area (Å²) in [6, 6.07) is 15.8. The van der Waals surface area contributed by atoms with Crippen molar-refractivity contribution in [3.8, 4) is 0 Å². The summed E-state index contributed by atoms with van der Waals surface area (Å²) in [4.78, 5) is 17.3. The van der Waals surface area contributed by atoms with Crippen LogP contribution in [-0.4, -0.2) is 55.5 Å². The van der Waals surface area contributed by atoms with Gasteiger partial charge in [-0.2, -0.15) is 0 Å². The lowest BCUT2D eigenvalue weighted by Crippen LogP contribution is -2.49. The van der Waals surface area contributed by atoms with E-state index in [9.17, 15) is 9.90 Å². The molecule has 2 aliphatic rings. The third kappa shape index (κ3) is 3.82. The van der Waals surface area contributed by atoms with Crippen molar-refractivity contribution < 1.29 is 14.6 Å². The molecule has 1 unspecified atom stereocenters. The minimum Gasteiger partial charge on any atom is -0.394 e. The number of ether oxygens (including phenoxy) is 1. The molecule has 0 saturated carbocycles. The summed E-state index contributed by atoms with van der Waals surface area (Å²) in [5.74, 6) is 0. The molecule has 0 bridgehead atoms. The normalized spacial score (nSPS) is 22.0. The maximum absolute atomic E-state index is 13.2. The van der Waals surface area contributed by atoms with Gasteiger partial charge in [0.1, 0.15) is 0 Å². The molecule has 2 amide bonds. The Kier molecular flexibility index (Phi) is 5.74. The van der Waals surface area contributed by atoms with Gasteiger partial charge in [-0.25, -0.2) is 4.79 Å². The average molecular weight is 396 g/mol. The third-order valence-electron chi connectivity index (χ3n) is 6.13. The number of rotatable bonds is 4. The summed E-state index contributed by atoms with van der Waals surface area (Å²) < 4.78 is 5.43. The Morgan fingerprint density at radius 2 is 1.90 bits per heavy atom. The predicted octanol–water partition coefficient (Wildman–Crippen LogP) is 3.35. The highest BCUT2D eigenvalue weighted by Gasteiger charge is 2.44. The highest BCUT2D eigenvalue weighted by Crippen LogP contribution is 2.39. The number of anilines is 2. The van der Waals surface area contributed by atoms with Crippen LogP contribution in [0.5, 0.6) is 0 Å². The second-order valence-electron chi connectivity index (χ2n) is 7.84. The number of benzene rings is 2. The van der Waals surface area contributed by atoms with E-state index in [0.717, 1.165) is 61.6 Å². The number of carbonyl (C=O) groups excluding carboxylic acids is 1. The summed E-state index contributed by atoms with van der Waals surface area (Å²) >= 11 is 0. The molecule has 2 fully saturated rings. The first-order valence-electron chi connectivity index (χ1n) is 10.3. The molecule has 2 aromatic rings. The van der Waals surface area contributed by atoms with Crippen LogP contribution in [0.15, 0.2) is 48.5 Å². The van der Waals surface area contributed by atoms with E-state index in [1.54, 1.807) is 4.90 Å². The number of hydrogen-bond donors (Lipinski definition) is 2. The zero-order chi connectivity index (χ0) is 20.3. The molecule has 0 aliphatic carbocycles. The van der Waals surface area contributed by atoms with E-state index in [1.807, 2.05) is 43.3 Å². The molecule has 2 N–H and O–H groups in total. The van der Waals surface area contributed by atoms with Gasteiger partial charge in [-0.1, -0.05) is 30.3 Å². The van der Waals surface area contributed by atoms with Crippen molar-refractivity contribution in [2.75, 3.05) is 49.7 Å². The monoisotopic (exact) mass is 395 g/mol. The number of nitrogens with one attached hydrogen (secondary N) is 1. The molecular weight excluding hydrogens is 366 g/mol. The number of morpholine rings is 1. The van der Waals surface area contributed by atoms with Crippen LogP contribution in [0, 0.1) is 6.92 Å². The number of urea groups is 1. The van der Waals surface area contributed by atoms with Gasteiger partial charge in [-0.3, -0.25) is 0 Å². The smallest absolute Gasteiger partial charge is 0.322 e. The lowest BCUT2D eigenvalue weighted by molar-refractivity contribution is 0.0885. The van der Waals surface area contributed by atoms with Gasteiger partial charge in [0.2, 0.25) is 0 Å². The van der Waals surface area contributed by atoms with Crippen LogP contribution in [0.25, 0.3) is 0 Å². The number of amides is 2. The second kappa shape index (κ2) is 8.43. The van der Waals surface area contributed by atoms with Crippen molar-refractivity contribution in [1.82, 2.24) is 4.90 Å². The topological polar surface area (TPSA) is 65.0 Å². The van der Waals surface area contributed by atoms with E-state index < -0.39 is 5.54 Å².